The van der Waals surface area contributed by atoms with E-state index in [1.54, 1.807) is 0 Å². The molecule has 1 heterocycles. The Morgan fingerprint density at radius 1 is 1.50 bits per heavy atom. The lowest BCUT2D eigenvalue weighted by molar-refractivity contribution is -0.141. The Morgan fingerprint density at radius 2 is 2.17 bits per heavy atom. The van der Waals surface area contributed by atoms with E-state index in [0.717, 1.165) is 0 Å². The van der Waals surface area contributed by atoms with Crippen LogP contribution in [0.1, 0.15) is 36.0 Å². The molecule has 0 aliphatic heterocycles. The lowest BCUT2D eigenvalue weighted by Crippen LogP contribution is -2.25. The van der Waals surface area contributed by atoms with Gasteiger partial charge in [-0.05, 0) is 19.3 Å². The first kappa shape index (κ1) is 12.8. The predicted octanol–water partition coefficient (Wildman–Crippen LogP) is 2.27. The third-order valence-corrected chi connectivity index (χ3v) is 2.95. The fraction of sp³-hybridized carbons (Fsp3) is 0.600. The van der Waals surface area contributed by atoms with Crippen LogP contribution in [0.5, 0.6) is 0 Å². The van der Waals surface area contributed by atoms with Crippen LogP contribution >= 0.6 is 0 Å². The van der Waals surface area contributed by atoms with Crippen LogP contribution in [0.2, 0.25) is 0 Å². The second-order valence-corrected chi connectivity index (χ2v) is 4.16. The molecule has 1 aliphatic carbocycles. The fourth-order valence-electron chi connectivity index (χ4n) is 2.02. The van der Waals surface area contributed by atoms with E-state index in [1.165, 1.54) is 0 Å². The van der Waals surface area contributed by atoms with Crippen molar-refractivity contribution in [3.05, 3.63) is 17.2 Å². The van der Waals surface area contributed by atoms with E-state index in [2.05, 4.69) is 9.97 Å². The Morgan fingerprint density at radius 3 is 2.72 bits per heavy atom. The summed E-state index contributed by atoms with van der Waals surface area (Å²) >= 11 is 0. The molecule has 100 valence electrons. The van der Waals surface area contributed by atoms with Gasteiger partial charge in [-0.1, -0.05) is 0 Å². The standard InChI is InChI=1S/C10H10F4N2O2/c11-8(12)10(13,14)9-15-5-3-1-2-4(7(17)18)6(5)16-9/h4,8H,1-3H2,(H,15,16)(H,17,18). The number of carboxylic acid groups (broad SMARTS) is 1. The molecule has 0 amide bonds. The highest BCUT2D eigenvalue weighted by molar-refractivity contribution is 5.76. The summed E-state index contributed by atoms with van der Waals surface area (Å²) in [4.78, 5) is 16.4. The van der Waals surface area contributed by atoms with Crippen LogP contribution in [-0.2, 0) is 17.1 Å². The van der Waals surface area contributed by atoms with Crippen molar-refractivity contribution < 1.29 is 27.5 Å². The van der Waals surface area contributed by atoms with Crippen molar-refractivity contribution in [2.24, 2.45) is 0 Å². The Balaban J connectivity index is 2.42. The monoisotopic (exact) mass is 266 g/mol. The molecule has 1 aromatic heterocycles. The van der Waals surface area contributed by atoms with E-state index in [-0.39, 0.29) is 17.8 Å². The van der Waals surface area contributed by atoms with Gasteiger partial charge in [-0.3, -0.25) is 4.79 Å². The number of aryl methyl sites for hydroxylation is 1. The number of hydrogen-bond acceptors (Lipinski definition) is 2. The second kappa shape index (κ2) is 4.25. The number of halogens is 4. The lowest BCUT2D eigenvalue weighted by Gasteiger charge is -2.16. The molecule has 0 saturated carbocycles. The van der Waals surface area contributed by atoms with Crippen LogP contribution in [0.25, 0.3) is 0 Å². The average molecular weight is 266 g/mol. The summed E-state index contributed by atoms with van der Waals surface area (Å²) in [5.41, 5.74) is 0.160. The van der Waals surface area contributed by atoms with Crippen molar-refractivity contribution in [3.8, 4) is 0 Å². The molecule has 1 unspecified atom stereocenters. The zero-order valence-electron chi connectivity index (χ0n) is 9.09. The molecule has 2 rings (SSSR count). The number of imidazole rings is 1. The van der Waals surface area contributed by atoms with Crippen molar-refractivity contribution in [3.63, 3.8) is 0 Å². The molecule has 0 bridgehead atoms. The van der Waals surface area contributed by atoms with Gasteiger partial charge in [-0.25, -0.2) is 13.8 Å². The largest absolute Gasteiger partial charge is 0.481 e. The minimum Gasteiger partial charge on any atom is -0.481 e. The van der Waals surface area contributed by atoms with Crippen LogP contribution in [0, 0.1) is 0 Å². The van der Waals surface area contributed by atoms with Crippen molar-refractivity contribution in [2.45, 2.75) is 37.5 Å². The van der Waals surface area contributed by atoms with E-state index in [9.17, 15) is 22.4 Å². The number of rotatable bonds is 3. The van der Waals surface area contributed by atoms with Crippen molar-refractivity contribution >= 4 is 5.97 Å². The molecule has 0 fully saturated rings. The van der Waals surface area contributed by atoms with Crippen LogP contribution in [-0.4, -0.2) is 27.5 Å². The zero-order chi connectivity index (χ0) is 13.5. The van der Waals surface area contributed by atoms with Crippen molar-refractivity contribution in [2.75, 3.05) is 0 Å². The topological polar surface area (TPSA) is 66.0 Å². The number of alkyl halides is 4. The molecule has 1 atom stereocenters. The molecule has 1 aliphatic rings. The average Bonchev–Trinajstić information content (AvgIpc) is 2.72. The number of aromatic nitrogens is 2. The van der Waals surface area contributed by atoms with Gasteiger partial charge >= 0.3 is 18.3 Å². The molecule has 4 nitrogen and oxygen atoms in total. The molecule has 0 radical (unpaired) electrons. The predicted molar refractivity (Wildman–Crippen MR) is 51.8 cm³/mol. The first-order chi connectivity index (χ1) is 8.34. The van der Waals surface area contributed by atoms with E-state index in [0.29, 0.717) is 12.8 Å². The smallest absolute Gasteiger partial charge is 0.363 e. The maximum atomic E-state index is 13.1. The molecule has 1 aromatic rings. The quantitative estimate of drug-likeness (QED) is 0.825. The second-order valence-electron chi connectivity index (χ2n) is 4.16. The normalized spacial score (nSPS) is 19.9. The van der Waals surface area contributed by atoms with Crippen LogP contribution < -0.4 is 0 Å². The van der Waals surface area contributed by atoms with Gasteiger partial charge in [0.05, 0.1) is 5.69 Å². The van der Waals surface area contributed by atoms with Crippen LogP contribution in [0.15, 0.2) is 0 Å². The van der Waals surface area contributed by atoms with Gasteiger partial charge in [-0.15, -0.1) is 0 Å². The molecule has 18 heavy (non-hydrogen) atoms. The summed E-state index contributed by atoms with van der Waals surface area (Å²) in [7, 11) is 0. The number of fused-ring (bicyclic) bond motifs is 1. The van der Waals surface area contributed by atoms with Gasteiger partial charge in [0, 0.05) is 5.69 Å². The number of carbonyl (C=O) groups is 1. The summed E-state index contributed by atoms with van der Waals surface area (Å²) < 4.78 is 50.6. The minimum atomic E-state index is -4.39. The zero-order valence-corrected chi connectivity index (χ0v) is 9.09. The molecule has 0 saturated heterocycles. The summed E-state index contributed by atoms with van der Waals surface area (Å²) in [5.74, 6) is -7.74. The van der Waals surface area contributed by atoms with Gasteiger partial charge in [0.1, 0.15) is 5.92 Å². The van der Waals surface area contributed by atoms with E-state index in [1.807, 2.05) is 0 Å². The number of H-pyrrole nitrogens is 1. The van der Waals surface area contributed by atoms with Gasteiger partial charge in [0.2, 0.25) is 0 Å². The van der Waals surface area contributed by atoms with Gasteiger partial charge in [0.15, 0.2) is 5.82 Å². The number of aromatic amines is 1. The summed E-state index contributed by atoms with van der Waals surface area (Å²) in [6, 6.07) is 0. The molecule has 8 heteroatoms. The summed E-state index contributed by atoms with van der Waals surface area (Å²) in [5, 5.41) is 8.92. The number of hydrogen-bond donors (Lipinski definition) is 2. The minimum absolute atomic E-state index is 0.0518. The van der Waals surface area contributed by atoms with Crippen molar-refractivity contribution in [1.82, 2.24) is 9.97 Å². The molecule has 2 N–H and O–H groups in total. The SMILES string of the molecule is O=C(O)C1CCCc2[nH]c(C(F)(F)C(F)F)nc21. The van der Waals surface area contributed by atoms with Gasteiger partial charge in [-0.2, -0.15) is 8.78 Å². The Kier molecular flexibility index (Phi) is 3.04. The number of nitrogens with zero attached hydrogens (tertiary/aromatic N) is 1. The fourth-order valence-corrected chi connectivity index (χ4v) is 2.02. The Bertz CT molecular complexity index is 472. The molecular formula is C10H10F4N2O2. The third kappa shape index (κ3) is 1.95. The highest BCUT2D eigenvalue weighted by atomic mass is 19.3. The Hall–Kier alpha value is -1.60. The maximum absolute atomic E-state index is 13.1. The molecular weight excluding hydrogens is 256 g/mol. The highest BCUT2D eigenvalue weighted by Crippen LogP contribution is 2.37. The number of aliphatic carboxylic acids is 1. The van der Waals surface area contributed by atoms with E-state index < -0.39 is 30.1 Å². The molecule has 0 aromatic carbocycles. The third-order valence-electron chi connectivity index (χ3n) is 2.95. The summed E-state index contributed by atoms with van der Waals surface area (Å²) in [6.07, 6.45) is -2.78. The maximum Gasteiger partial charge on any atom is 0.363 e. The lowest BCUT2D eigenvalue weighted by atomic mass is 9.90. The molecule has 0 spiro atoms. The highest BCUT2D eigenvalue weighted by Gasteiger charge is 2.47. The van der Waals surface area contributed by atoms with E-state index in [4.69, 9.17) is 5.11 Å². The van der Waals surface area contributed by atoms with Gasteiger partial charge < -0.3 is 10.1 Å². The Labute approximate surface area is 99.0 Å². The number of carboxylic acids is 1. The van der Waals surface area contributed by atoms with Gasteiger partial charge in [0.25, 0.3) is 0 Å². The van der Waals surface area contributed by atoms with Crippen LogP contribution in [0.4, 0.5) is 17.6 Å². The first-order valence-electron chi connectivity index (χ1n) is 5.32. The first-order valence-corrected chi connectivity index (χ1v) is 5.32. The van der Waals surface area contributed by atoms with Crippen LogP contribution in [0.3, 0.4) is 0 Å². The van der Waals surface area contributed by atoms with E-state index >= 15 is 0 Å². The number of nitrogens with one attached hydrogen (secondary N) is 1. The summed E-state index contributed by atoms with van der Waals surface area (Å²) in [6.45, 7) is 0. The van der Waals surface area contributed by atoms with Crippen molar-refractivity contribution in [1.29, 1.82) is 0 Å².